The maximum Gasteiger partial charge on any atom is 0.239 e. The third kappa shape index (κ3) is 4.33. The Labute approximate surface area is 142 Å². The van der Waals surface area contributed by atoms with Gasteiger partial charge in [-0.2, -0.15) is 0 Å². The molecule has 0 spiro atoms. The predicted molar refractivity (Wildman–Crippen MR) is 91.0 cm³/mol. The van der Waals surface area contributed by atoms with Gasteiger partial charge in [-0.3, -0.25) is 9.59 Å². The smallest absolute Gasteiger partial charge is 0.239 e. The van der Waals surface area contributed by atoms with Gasteiger partial charge in [0.1, 0.15) is 5.75 Å². The SMILES string of the molecule is CC(C)(C)C(=O)c1cc(O)ccc1C[C@H](N)C(=O)N1CCOCC1. The highest BCUT2D eigenvalue weighted by Crippen LogP contribution is 2.26. The van der Waals surface area contributed by atoms with Crippen molar-refractivity contribution in [3.63, 3.8) is 0 Å². The maximum atomic E-state index is 12.6. The van der Waals surface area contributed by atoms with Gasteiger partial charge in [-0.05, 0) is 24.1 Å². The number of phenols is 1. The second-order valence-electron chi connectivity index (χ2n) is 7.17. The summed E-state index contributed by atoms with van der Waals surface area (Å²) >= 11 is 0. The molecule has 6 heteroatoms. The maximum absolute atomic E-state index is 12.6. The molecule has 0 aliphatic carbocycles. The van der Waals surface area contributed by atoms with Gasteiger partial charge in [-0.15, -0.1) is 0 Å². The normalized spacial score (nSPS) is 16.8. The van der Waals surface area contributed by atoms with Gasteiger partial charge in [0.2, 0.25) is 5.91 Å². The van der Waals surface area contributed by atoms with Crippen molar-refractivity contribution in [2.45, 2.75) is 33.2 Å². The van der Waals surface area contributed by atoms with Gasteiger partial charge in [0.15, 0.2) is 5.78 Å². The van der Waals surface area contributed by atoms with Crippen molar-refractivity contribution in [1.29, 1.82) is 0 Å². The summed E-state index contributed by atoms with van der Waals surface area (Å²) in [7, 11) is 0. The minimum atomic E-state index is -0.723. The van der Waals surface area contributed by atoms with Gasteiger partial charge in [0.25, 0.3) is 0 Å². The molecule has 1 aliphatic rings. The average Bonchev–Trinajstić information content (AvgIpc) is 2.55. The largest absolute Gasteiger partial charge is 0.508 e. The fraction of sp³-hybridized carbons (Fsp3) is 0.556. The van der Waals surface area contributed by atoms with Crippen LogP contribution in [0, 0.1) is 5.41 Å². The number of nitrogens with zero attached hydrogens (tertiary/aromatic N) is 1. The molecule has 1 saturated heterocycles. The molecule has 0 unspecified atom stereocenters. The van der Waals surface area contributed by atoms with E-state index in [1.165, 1.54) is 12.1 Å². The molecule has 3 N–H and O–H groups in total. The number of ketones is 1. The van der Waals surface area contributed by atoms with Gasteiger partial charge < -0.3 is 20.5 Å². The van der Waals surface area contributed by atoms with E-state index < -0.39 is 11.5 Å². The number of morpholine rings is 1. The van der Waals surface area contributed by atoms with Crippen molar-refractivity contribution < 1.29 is 19.4 Å². The van der Waals surface area contributed by atoms with Crippen molar-refractivity contribution >= 4 is 11.7 Å². The van der Waals surface area contributed by atoms with E-state index in [9.17, 15) is 14.7 Å². The Morgan fingerprint density at radius 2 is 1.92 bits per heavy atom. The van der Waals surface area contributed by atoms with E-state index in [2.05, 4.69) is 0 Å². The van der Waals surface area contributed by atoms with Crippen molar-refractivity contribution in [3.05, 3.63) is 29.3 Å². The van der Waals surface area contributed by atoms with Crippen LogP contribution in [0.25, 0.3) is 0 Å². The number of nitrogens with two attached hydrogens (primary N) is 1. The van der Waals surface area contributed by atoms with Crippen LogP contribution in [0.3, 0.4) is 0 Å². The highest BCUT2D eigenvalue weighted by Gasteiger charge is 2.28. The quantitative estimate of drug-likeness (QED) is 0.811. The minimum absolute atomic E-state index is 0.0272. The molecule has 6 nitrogen and oxygen atoms in total. The first kappa shape index (κ1) is 18.4. The van der Waals surface area contributed by atoms with Crippen molar-refractivity contribution in [2.75, 3.05) is 26.3 Å². The third-order valence-corrected chi connectivity index (χ3v) is 4.10. The van der Waals surface area contributed by atoms with Crippen molar-refractivity contribution in [2.24, 2.45) is 11.1 Å². The number of carbonyl (C=O) groups excluding carboxylic acids is 2. The Kier molecular flexibility index (Phi) is 5.62. The zero-order chi connectivity index (χ0) is 17.9. The molecule has 132 valence electrons. The standard InChI is InChI=1S/C18H26N2O4/c1-18(2,3)16(22)14-11-13(21)5-4-12(14)10-15(19)17(23)20-6-8-24-9-7-20/h4-5,11,15,21H,6-10,19H2,1-3H3/t15-/m0/s1. The first-order valence-corrected chi connectivity index (χ1v) is 8.19. The Morgan fingerprint density at radius 3 is 2.50 bits per heavy atom. The fourth-order valence-corrected chi connectivity index (χ4v) is 2.70. The molecule has 1 aromatic rings. The Balaban J connectivity index is 2.19. The number of phenolic OH excluding ortho intramolecular Hbond substituents is 1. The van der Waals surface area contributed by atoms with Gasteiger partial charge in [-0.25, -0.2) is 0 Å². The van der Waals surface area contributed by atoms with E-state index in [0.717, 1.165) is 0 Å². The van der Waals surface area contributed by atoms with Gasteiger partial charge in [0, 0.05) is 24.1 Å². The Hall–Kier alpha value is -1.92. The van der Waals surface area contributed by atoms with E-state index in [4.69, 9.17) is 10.5 Å². The second-order valence-corrected chi connectivity index (χ2v) is 7.17. The van der Waals surface area contributed by atoms with Crippen LogP contribution in [0.15, 0.2) is 18.2 Å². The molecule has 1 heterocycles. The van der Waals surface area contributed by atoms with Gasteiger partial charge >= 0.3 is 0 Å². The molecule has 0 radical (unpaired) electrons. The molecular weight excluding hydrogens is 308 g/mol. The zero-order valence-electron chi connectivity index (χ0n) is 14.5. The van der Waals surface area contributed by atoms with Crippen LogP contribution in [-0.2, 0) is 16.0 Å². The Morgan fingerprint density at radius 1 is 1.29 bits per heavy atom. The van der Waals surface area contributed by atoms with Crippen LogP contribution in [-0.4, -0.2) is 54.0 Å². The molecule has 0 saturated carbocycles. The summed E-state index contributed by atoms with van der Waals surface area (Å²) in [6.45, 7) is 7.58. The minimum Gasteiger partial charge on any atom is -0.508 e. The highest BCUT2D eigenvalue weighted by molar-refractivity contribution is 6.01. The lowest BCUT2D eigenvalue weighted by molar-refractivity contribution is -0.136. The van der Waals surface area contributed by atoms with E-state index in [-0.39, 0.29) is 23.9 Å². The number of carbonyl (C=O) groups is 2. The van der Waals surface area contributed by atoms with E-state index >= 15 is 0 Å². The molecule has 2 rings (SSSR count). The lowest BCUT2D eigenvalue weighted by Gasteiger charge is -2.29. The fourth-order valence-electron chi connectivity index (χ4n) is 2.70. The lowest BCUT2D eigenvalue weighted by atomic mass is 9.83. The number of hydrogen-bond donors (Lipinski definition) is 2. The summed E-state index contributed by atoms with van der Waals surface area (Å²) in [6, 6.07) is 3.91. The van der Waals surface area contributed by atoms with Crippen LogP contribution in [0.1, 0.15) is 36.7 Å². The first-order chi connectivity index (χ1) is 11.2. The third-order valence-electron chi connectivity index (χ3n) is 4.10. The zero-order valence-corrected chi connectivity index (χ0v) is 14.5. The average molecular weight is 334 g/mol. The number of ether oxygens (including phenoxy) is 1. The lowest BCUT2D eigenvalue weighted by Crippen LogP contribution is -2.49. The summed E-state index contributed by atoms with van der Waals surface area (Å²) in [4.78, 5) is 26.8. The van der Waals surface area contributed by atoms with Gasteiger partial charge in [-0.1, -0.05) is 26.8 Å². The first-order valence-electron chi connectivity index (χ1n) is 8.19. The number of hydrogen-bond acceptors (Lipinski definition) is 5. The summed E-state index contributed by atoms with van der Waals surface area (Å²) in [5.41, 5.74) is 6.61. The molecule has 1 amide bonds. The number of Topliss-reactive ketones (excluding diaryl/α,β-unsaturated/α-hetero) is 1. The molecule has 0 bridgehead atoms. The van der Waals surface area contributed by atoms with Gasteiger partial charge in [0.05, 0.1) is 19.3 Å². The van der Waals surface area contributed by atoms with Crippen LogP contribution >= 0.6 is 0 Å². The highest BCUT2D eigenvalue weighted by atomic mass is 16.5. The molecular formula is C18H26N2O4. The molecule has 1 aromatic carbocycles. The Bertz CT molecular complexity index is 616. The molecule has 24 heavy (non-hydrogen) atoms. The number of amides is 1. The summed E-state index contributed by atoms with van der Waals surface area (Å²) in [5, 5.41) is 9.73. The second kappa shape index (κ2) is 7.32. The topological polar surface area (TPSA) is 92.9 Å². The van der Waals surface area contributed by atoms with Crippen LogP contribution in [0.5, 0.6) is 5.75 Å². The van der Waals surface area contributed by atoms with Crippen LogP contribution in [0.4, 0.5) is 0 Å². The van der Waals surface area contributed by atoms with Crippen molar-refractivity contribution in [3.8, 4) is 5.75 Å². The summed E-state index contributed by atoms with van der Waals surface area (Å²) in [6.07, 6.45) is 0.258. The molecule has 1 atom stereocenters. The van der Waals surface area contributed by atoms with Crippen molar-refractivity contribution in [1.82, 2.24) is 4.90 Å². The van der Waals surface area contributed by atoms with E-state index in [1.54, 1.807) is 11.0 Å². The molecule has 0 aromatic heterocycles. The summed E-state index contributed by atoms with van der Waals surface area (Å²) in [5.74, 6) is -0.195. The monoisotopic (exact) mass is 334 g/mol. The summed E-state index contributed by atoms with van der Waals surface area (Å²) < 4.78 is 5.24. The molecule has 1 aliphatic heterocycles. The van der Waals surface area contributed by atoms with Crippen LogP contribution in [0.2, 0.25) is 0 Å². The van der Waals surface area contributed by atoms with E-state index in [1.807, 2.05) is 20.8 Å². The number of rotatable bonds is 4. The number of benzene rings is 1. The van der Waals surface area contributed by atoms with E-state index in [0.29, 0.717) is 37.4 Å². The van der Waals surface area contributed by atoms with Crippen LogP contribution < -0.4 is 5.73 Å². The molecule has 1 fully saturated rings. The predicted octanol–water partition coefficient (Wildman–Crippen LogP) is 1.35. The number of aromatic hydroxyl groups is 1.